The van der Waals surface area contributed by atoms with Crippen molar-refractivity contribution in [3.8, 4) is 5.75 Å². The number of para-hydroxylation sites is 2. The maximum Gasteiger partial charge on any atom is 2.00 e. The van der Waals surface area contributed by atoms with Gasteiger partial charge in [0.25, 0.3) is 0 Å². The maximum absolute atomic E-state index is 14.7. The number of rotatable bonds is 23. The number of carbonyl (C=O) groups is 1. The minimum atomic E-state index is -0.154. The van der Waals surface area contributed by atoms with Gasteiger partial charge in [0.1, 0.15) is 7.05 Å². The van der Waals surface area contributed by atoms with Gasteiger partial charge in [-0.05, 0) is 116 Å². The van der Waals surface area contributed by atoms with Crippen LogP contribution < -0.4 is 27.7 Å². The van der Waals surface area contributed by atoms with E-state index in [1.807, 2.05) is 84.9 Å². The van der Waals surface area contributed by atoms with Crippen LogP contribution in [0.15, 0.2) is 182 Å². The van der Waals surface area contributed by atoms with Gasteiger partial charge in [0.15, 0.2) is 5.71 Å². The fraction of sp³-hybridized carbons (Fsp3) is 0.312. The van der Waals surface area contributed by atoms with Gasteiger partial charge < -0.3 is 27.7 Å². The number of pyridine rings is 4. The number of nitrogens with one attached hydrogen (secondary N) is 1. The molecular formula is C64H71ClN9O2Zn2+3. The van der Waals surface area contributed by atoms with Crippen LogP contribution in [0.1, 0.15) is 104 Å². The van der Waals surface area contributed by atoms with Crippen molar-refractivity contribution in [2.45, 2.75) is 110 Å². The van der Waals surface area contributed by atoms with Crippen molar-refractivity contribution in [1.82, 2.24) is 35.1 Å². The smallest absolute Gasteiger partial charge is 1.00 e. The molecular weight excluding hydrogens is 1090 g/mol. The number of hydrogen-bond donors (Lipinski definition) is 1. The van der Waals surface area contributed by atoms with E-state index in [9.17, 15) is 9.90 Å². The average Bonchev–Trinajstić information content (AvgIpc) is 3.88. The molecule has 0 spiro atoms. The average molecular weight is 1160 g/mol. The summed E-state index contributed by atoms with van der Waals surface area (Å²) in [5.74, 6) is 0.0516. The van der Waals surface area contributed by atoms with E-state index in [0.29, 0.717) is 69.8 Å². The number of anilines is 1. The van der Waals surface area contributed by atoms with Crippen LogP contribution >= 0.6 is 0 Å². The second-order valence-electron chi connectivity index (χ2n) is 21.0. The number of unbranched alkanes of at least 4 members (excludes halogenated alkanes) is 2. The third-order valence-corrected chi connectivity index (χ3v) is 14.8. The summed E-state index contributed by atoms with van der Waals surface area (Å²) in [6, 6.07) is 45.2. The fourth-order valence-electron chi connectivity index (χ4n) is 11.0. The first kappa shape index (κ1) is 61.2. The van der Waals surface area contributed by atoms with Crippen molar-refractivity contribution in [3.63, 3.8) is 0 Å². The van der Waals surface area contributed by atoms with Crippen LogP contribution in [0.2, 0.25) is 0 Å². The van der Waals surface area contributed by atoms with E-state index in [-0.39, 0.29) is 73.8 Å². The Balaban J connectivity index is 0.00000328. The molecule has 14 heteroatoms. The number of benzene rings is 3. The Bertz CT molecular complexity index is 2950. The second kappa shape index (κ2) is 28.7. The van der Waals surface area contributed by atoms with Gasteiger partial charge in [0.05, 0.1) is 28.2 Å². The van der Waals surface area contributed by atoms with Gasteiger partial charge in [0, 0.05) is 118 Å². The molecule has 2 aliphatic heterocycles. The predicted molar refractivity (Wildman–Crippen MR) is 298 cm³/mol. The topological polar surface area (TPSA) is 116 Å². The van der Waals surface area contributed by atoms with E-state index in [1.54, 1.807) is 24.8 Å². The van der Waals surface area contributed by atoms with Crippen molar-refractivity contribution in [2.75, 3.05) is 25.0 Å². The van der Waals surface area contributed by atoms with E-state index in [2.05, 4.69) is 146 Å². The molecule has 0 aliphatic carbocycles. The molecule has 0 radical (unpaired) electrons. The zero-order chi connectivity index (χ0) is 52.2. The van der Waals surface area contributed by atoms with Crippen molar-refractivity contribution >= 4 is 23.0 Å². The van der Waals surface area contributed by atoms with Gasteiger partial charge in [-0.1, -0.05) is 105 Å². The molecule has 0 unspecified atom stereocenters. The first-order valence-corrected chi connectivity index (χ1v) is 26.5. The Hall–Kier alpha value is -6.06. The Kier molecular flexibility index (Phi) is 22.5. The summed E-state index contributed by atoms with van der Waals surface area (Å²) in [5.41, 5.74) is 13.6. The van der Waals surface area contributed by atoms with E-state index >= 15 is 0 Å². The quantitative estimate of drug-likeness (QED) is 0.0388. The monoisotopic (exact) mass is 1160 g/mol. The number of halogens is 1. The Morgan fingerprint density at radius 3 is 1.62 bits per heavy atom. The SMILES string of the molecule is C[N+]1=C(/C=C/C=C2\N(CCCCCC(=O)NCCc3cc(CN(Cc4ccccn4)Cc4ccccn4)c([O-])c(CN(Cc4ccccn4)Cc4ccccn4)c3)c3ccccc3C2(C)C)C(C)(C)c2ccccc21.[Cl-].[Zn+2].[Zn+2]. The third-order valence-electron chi connectivity index (χ3n) is 14.8. The van der Waals surface area contributed by atoms with Crippen molar-refractivity contribution < 1.29 is 65.8 Å². The van der Waals surface area contributed by atoms with Gasteiger partial charge in [-0.25, -0.2) is 0 Å². The Labute approximate surface area is 494 Å². The summed E-state index contributed by atoms with van der Waals surface area (Å²) in [4.78, 5) is 38.9. The number of fused-ring (bicyclic) bond motifs is 2. The third kappa shape index (κ3) is 15.2. The second-order valence-corrected chi connectivity index (χ2v) is 21.0. The Morgan fingerprint density at radius 2 is 1.12 bits per heavy atom. The largest absolute Gasteiger partial charge is 2.00 e. The van der Waals surface area contributed by atoms with Crippen molar-refractivity contribution in [3.05, 3.63) is 233 Å². The molecule has 1 N–H and O–H groups in total. The summed E-state index contributed by atoms with van der Waals surface area (Å²) >= 11 is 0. The molecule has 7 aromatic rings. The van der Waals surface area contributed by atoms with Gasteiger partial charge in [0.2, 0.25) is 11.6 Å². The number of amides is 1. The van der Waals surface area contributed by atoms with Crippen LogP contribution in [0, 0.1) is 0 Å². The van der Waals surface area contributed by atoms with Gasteiger partial charge in [-0.3, -0.25) is 34.5 Å². The normalized spacial score (nSPS) is 14.5. The minimum Gasteiger partial charge on any atom is -1.00 e. The van der Waals surface area contributed by atoms with Crippen LogP contribution in [0.5, 0.6) is 5.75 Å². The first-order chi connectivity index (χ1) is 36.4. The molecule has 0 saturated carbocycles. The van der Waals surface area contributed by atoms with Crippen molar-refractivity contribution in [1.29, 1.82) is 0 Å². The molecule has 392 valence electrons. The molecule has 78 heavy (non-hydrogen) atoms. The molecule has 0 atom stereocenters. The number of hydrogen-bond acceptors (Lipinski definition) is 9. The first-order valence-electron chi connectivity index (χ1n) is 26.5. The molecule has 0 fully saturated rings. The number of carbonyl (C=O) groups excluding carboxylic acids is 1. The molecule has 9 rings (SSSR count). The van der Waals surface area contributed by atoms with E-state index < -0.39 is 0 Å². The number of aromatic nitrogens is 4. The van der Waals surface area contributed by atoms with Gasteiger partial charge in [-0.2, -0.15) is 4.58 Å². The van der Waals surface area contributed by atoms with E-state index in [0.717, 1.165) is 54.1 Å². The van der Waals surface area contributed by atoms with Crippen molar-refractivity contribution in [2.24, 2.45) is 0 Å². The molecule has 2 aliphatic rings. The zero-order valence-corrected chi connectivity index (χ0v) is 52.8. The summed E-state index contributed by atoms with van der Waals surface area (Å²) in [5, 5.41) is 17.9. The van der Waals surface area contributed by atoms with Crippen LogP contribution in [0.3, 0.4) is 0 Å². The number of allylic oxidation sites excluding steroid dienone is 4. The van der Waals surface area contributed by atoms with Crippen LogP contribution in [0.25, 0.3) is 0 Å². The molecule has 11 nitrogen and oxygen atoms in total. The molecule has 3 aromatic carbocycles. The fourth-order valence-corrected chi connectivity index (χ4v) is 11.0. The molecule has 0 bridgehead atoms. The van der Waals surface area contributed by atoms with E-state index in [4.69, 9.17) is 0 Å². The molecule has 6 heterocycles. The minimum absolute atomic E-state index is 0. The summed E-state index contributed by atoms with van der Waals surface area (Å²) in [6.45, 7) is 13.6. The summed E-state index contributed by atoms with van der Waals surface area (Å²) in [7, 11) is 2.17. The van der Waals surface area contributed by atoms with Gasteiger partial charge >= 0.3 is 39.0 Å². The van der Waals surface area contributed by atoms with Crippen LogP contribution in [-0.4, -0.2) is 66.1 Å². The Morgan fingerprint density at radius 1 is 0.628 bits per heavy atom. The summed E-state index contributed by atoms with van der Waals surface area (Å²) < 4.78 is 2.32. The molecule has 0 saturated heterocycles. The zero-order valence-electron chi connectivity index (χ0n) is 46.1. The van der Waals surface area contributed by atoms with Crippen LogP contribution in [0.4, 0.5) is 11.4 Å². The predicted octanol–water partition coefficient (Wildman–Crippen LogP) is 7.91. The van der Waals surface area contributed by atoms with E-state index in [1.165, 1.54) is 33.9 Å². The summed E-state index contributed by atoms with van der Waals surface area (Å²) in [6.07, 6.45) is 17.8. The van der Waals surface area contributed by atoms with Gasteiger partial charge in [-0.15, -0.1) is 0 Å². The standard InChI is InChI=1S/C64H71N9O2.ClH.2Zn/c1-63(2)55-26-8-10-28-57(55)70(5)59(63)30-21-31-60-64(3,4)56-27-9-11-29-58(56)73(60)39-20-6-7-32-61(74)69-38-33-48-40-49(42-71(44-51-22-12-16-34-65-51)45-52-23-13-17-35-66-52)62(75)50(41-48)43-72(46-53-24-14-18-36-67-53)47-54-25-15-19-37-68-54;;;/h8-19,21-31,34-37,40-41H,6-7,20,32-33,38-39,42-47H2,1-5H3,(H-,69,74,75);1H;;/q;;2*+2/p-1. The van der Waals surface area contributed by atoms with Crippen LogP contribution in [-0.2, 0) is 100 Å². The number of nitrogens with zero attached hydrogens (tertiary/aromatic N) is 8. The molecule has 1 amide bonds. The molecule has 4 aromatic heterocycles. The maximum atomic E-state index is 14.7.